The van der Waals surface area contributed by atoms with Crippen LogP contribution in [0.1, 0.15) is 36.7 Å². The third kappa shape index (κ3) is 5.91. The first kappa shape index (κ1) is 22.9. The van der Waals surface area contributed by atoms with Gasteiger partial charge in [-0.3, -0.25) is 4.79 Å². The van der Waals surface area contributed by atoms with Gasteiger partial charge in [0.05, 0.1) is 11.5 Å². The largest absolute Gasteiger partial charge is 0.444 e. The maximum atomic E-state index is 13.0. The number of hydrogen-bond donors (Lipinski definition) is 0. The van der Waals surface area contributed by atoms with Gasteiger partial charge in [-0.2, -0.15) is 0 Å². The standard InChI is InChI=1S/C22H29N3O5S/c1-5-17-14-18(20(26)24-10-12-31(28,29)13-11-24)16-19(15-17)23-6-8-25(9-7-23)21(27)30-22(2,3)4/h1,14-16H,6-13H2,2-4H3. The van der Waals surface area contributed by atoms with Gasteiger partial charge in [0.15, 0.2) is 9.84 Å². The van der Waals surface area contributed by atoms with Gasteiger partial charge in [-0.05, 0) is 39.0 Å². The molecule has 2 saturated heterocycles. The zero-order valence-corrected chi connectivity index (χ0v) is 19.1. The lowest BCUT2D eigenvalue weighted by molar-refractivity contribution is 0.0240. The van der Waals surface area contributed by atoms with Crippen molar-refractivity contribution in [1.82, 2.24) is 9.80 Å². The molecule has 0 aromatic heterocycles. The fourth-order valence-corrected chi connectivity index (χ4v) is 4.77. The number of nitrogens with zero attached hydrogens (tertiary/aromatic N) is 3. The highest BCUT2D eigenvalue weighted by atomic mass is 32.2. The van der Waals surface area contributed by atoms with E-state index in [-0.39, 0.29) is 36.6 Å². The van der Waals surface area contributed by atoms with Gasteiger partial charge < -0.3 is 19.4 Å². The second kappa shape index (κ2) is 8.79. The van der Waals surface area contributed by atoms with Crippen molar-refractivity contribution >= 4 is 27.5 Å². The molecule has 9 heteroatoms. The van der Waals surface area contributed by atoms with Gasteiger partial charge >= 0.3 is 6.09 Å². The maximum Gasteiger partial charge on any atom is 0.410 e. The topological polar surface area (TPSA) is 87.2 Å². The summed E-state index contributed by atoms with van der Waals surface area (Å²) in [6.45, 7) is 8.06. The molecule has 2 aliphatic heterocycles. The molecule has 0 N–H and O–H groups in total. The van der Waals surface area contributed by atoms with Crippen molar-refractivity contribution in [3.05, 3.63) is 29.3 Å². The van der Waals surface area contributed by atoms with Crippen molar-refractivity contribution in [3.63, 3.8) is 0 Å². The van der Waals surface area contributed by atoms with Crippen LogP contribution in [0.4, 0.5) is 10.5 Å². The number of carbonyl (C=O) groups is 2. The Labute approximate surface area is 184 Å². The Bertz CT molecular complexity index is 985. The monoisotopic (exact) mass is 447 g/mol. The normalized spacial score (nSPS) is 19.0. The van der Waals surface area contributed by atoms with Crippen molar-refractivity contribution in [1.29, 1.82) is 0 Å². The van der Waals surface area contributed by atoms with E-state index in [0.717, 1.165) is 5.69 Å². The number of benzene rings is 1. The molecule has 1 aromatic carbocycles. The summed E-state index contributed by atoms with van der Waals surface area (Å²) in [5.41, 5.74) is 1.30. The Morgan fingerprint density at radius 1 is 0.968 bits per heavy atom. The SMILES string of the molecule is C#Cc1cc(C(=O)N2CCS(=O)(=O)CC2)cc(N2CCN(C(=O)OC(C)(C)C)CC2)c1. The average molecular weight is 448 g/mol. The van der Waals surface area contributed by atoms with Crippen LogP contribution < -0.4 is 4.90 Å². The number of piperazine rings is 1. The lowest BCUT2D eigenvalue weighted by Gasteiger charge is -2.37. The highest BCUT2D eigenvalue weighted by Gasteiger charge is 2.28. The molecule has 1 aromatic rings. The molecule has 0 aliphatic carbocycles. The molecule has 2 amide bonds. The Kier molecular flexibility index (Phi) is 6.51. The van der Waals surface area contributed by atoms with Gasteiger partial charge in [0.2, 0.25) is 0 Å². The van der Waals surface area contributed by atoms with Gasteiger partial charge in [0.25, 0.3) is 5.91 Å². The third-order valence-corrected chi connectivity index (χ3v) is 6.87. The molecule has 0 unspecified atom stereocenters. The van der Waals surface area contributed by atoms with Gasteiger partial charge in [0.1, 0.15) is 5.60 Å². The van der Waals surface area contributed by atoms with Gasteiger partial charge in [-0.15, -0.1) is 6.42 Å². The highest BCUT2D eigenvalue weighted by Crippen LogP contribution is 2.23. The molecule has 0 radical (unpaired) electrons. The molecule has 31 heavy (non-hydrogen) atoms. The number of sulfone groups is 1. The van der Waals surface area contributed by atoms with E-state index < -0.39 is 15.4 Å². The smallest absolute Gasteiger partial charge is 0.410 e. The zero-order valence-electron chi connectivity index (χ0n) is 18.3. The summed E-state index contributed by atoms with van der Waals surface area (Å²) in [4.78, 5) is 30.6. The molecule has 0 bridgehead atoms. The van der Waals surface area contributed by atoms with Gasteiger partial charge in [-0.1, -0.05) is 5.92 Å². The molecular formula is C22H29N3O5S. The molecule has 0 saturated carbocycles. The van der Waals surface area contributed by atoms with Crippen LogP contribution in [-0.2, 0) is 14.6 Å². The predicted molar refractivity (Wildman–Crippen MR) is 119 cm³/mol. The Morgan fingerprint density at radius 3 is 2.13 bits per heavy atom. The van der Waals surface area contributed by atoms with Crippen molar-refractivity contribution in [2.24, 2.45) is 0 Å². The molecule has 0 spiro atoms. The van der Waals surface area contributed by atoms with E-state index in [0.29, 0.717) is 37.3 Å². The molecule has 2 heterocycles. The molecule has 2 fully saturated rings. The lowest BCUT2D eigenvalue weighted by Crippen LogP contribution is -2.50. The van der Waals surface area contributed by atoms with Crippen LogP contribution in [0, 0.1) is 12.3 Å². The number of anilines is 1. The van der Waals surface area contributed by atoms with Crippen LogP contribution in [0.25, 0.3) is 0 Å². The number of rotatable bonds is 2. The highest BCUT2D eigenvalue weighted by molar-refractivity contribution is 7.91. The van der Waals surface area contributed by atoms with E-state index in [1.165, 1.54) is 0 Å². The first-order chi connectivity index (χ1) is 14.5. The first-order valence-corrected chi connectivity index (χ1v) is 12.1. The number of carbonyl (C=O) groups excluding carboxylic acids is 2. The van der Waals surface area contributed by atoms with Crippen LogP contribution in [-0.4, -0.2) is 86.6 Å². The minimum absolute atomic E-state index is 0.0208. The molecule has 8 nitrogen and oxygen atoms in total. The summed E-state index contributed by atoms with van der Waals surface area (Å²) in [7, 11) is -3.07. The number of terminal acetylenes is 1. The predicted octanol–water partition coefficient (Wildman–Crippen LogP) is 1.60. The summed E-state index contributed by atoms with van der Waals surface area (Å²) in [6.07, 6.45) is 5.28. The maximum absolute atomic E-state index is 13.0. The summed E-state index contributed by atoms with van der Waals surface area (Å²) >= 11 is 0. The van der Waals surface area contributed by atoms with E-state index in [4.69, 9.17) is 11.2 Å². The van der Waals surface area contributed by atoms with Crippen molar-refractivity contribution in [2.75, 3.05) is 55.7 Å². The fraction of sp³-hybridized carbons (Fsp3) is 0.545. The van der Waals surface area contributed by atoms with Gasteiger partial charge in [-0.25, -0.2) is 13.2 Å². The van der Waals surface area contributed by atoms with Crippen LogP contribution in [0.15, 0.2) is 18.2 Å². The molecule has 0 atom stereocenters. The van der Waals surface area contributed by atoms with E-state index >= 15 is 0 Å². The Balaban J connectivity index is 1.71. The number of hydrogen-bond acceptors (Lipinski definition) is 6. The summed E-state index contributed by atoms with van der Waals surface area (Å²) in [5.74, 6) is 2.33. The van der Waals surface area contributed by atoms with E-state index in [1.54, 1.807) is 21.9 Å². The summed E-state index contributed by atoms with van der Waals surface area (Å²) < 4.78 is 28.8. The van der Waals surface area contributed by atoms with Gasteiger partial charge in [0, 0.05) is 56.1 Å². The van der Waals surface area contributed by atoms with E-state index in [9.17, 15) is 18.0 Å². The average Bonchev–Trinajstić information content (AvgIpc) is 2.71. The summed E-state index contributed by atoms with van der Waals surface area (Å²) in [6, 6.07) is 5.29. The fourth-order valence-electron chi connectivity index (χ4n) is 3.57. The van der Waals surface area contributed by atoms with Crippen LogP contribution in [0.5, 0.6) is 0 Å². The first-order valence-electron chi connectivity index (χ1n) is 10.3. The molecule has 3 rings (SSSR count). The van der Waals surface area contributed by atoms with Crippen molar-refractivity contribution in [3.8, 4) is 12.3 Å². The van der Waals surface area contributed by atoms with Crippen LogP contribution >= 0.6 is 0 Å². The number of amides is 2. The second-order valence-corrected chi connectivity index (χ2v) is 11.1. The van der Waals surface area contributed by atoms with E-state index in [2.05, 4.69) is 10.8 Å². The third-order valence-electron chi connectivity index (χ3n) is 5.26. The minimum Gasteiger partial charge on any atom is -0.444 e. The van der Waals surface area contributed by atoms with Crippen molar-refractivity contribution < 1.29 is 22.7 Å². The zero-order chi connectivity index (χ0) is 22.8. The van der Waals surface area contributed by atoms with Crippen LogP contribution in [0.2, 0.25) is 0 Å². The van der Waals surface area contributed by atoms with Crippen molar-refractivity contribution in [2.45, 2.75) is 26.4 Å². The second-order valence-electron chi connectivity index (χ2n) is 8.81. The van der Waals surface area contributed by atoms with Crippen LogP contribution in [0.3, 0.4) is 0 Å². The summed E-state index contributed by atoms with van der Waals surface area (Å²) in [5, 5.41) is 0. The minimum atomic E-state index is -3.07. The Morgan fingerprint density at radius 2 is 1.58 bits per heavy atom. The lowest BCUT2D eigenvalue weighted by atomic mass is 10.1. The molecule has 168 valence electrons. The Hall–Kier alpha value is -2.73. The van der Waals surface area contributed by atoms with E-state index in [1.807, 2.05) is 26.8 Å². The number of ether oxygens (including phenoxy) is 1. The molecule has 2 aliphatic rings. The molecular weight excluding hydrogens is 418 g/mol. The quantitative estimate of drug-likeness (QED) is 0.640.